The zero-order chi connectivity index (χ0) is 19.0. The number of rotatable bonds is 2. The molecule has 0 radical (unpaired) electrons. The molecule has 2 N–H and O–H groups in total. The Hall–Kier alpha value is -2.03. The summed E-state index contributed by atoms with van der Waals surface area (Å²) in [5, 5.41) is 12.6. The lowest BCUT2D eigenvalue weighted by atomic mass is 9.60. The maximum Gasteiger partial charge on any atom is 0.110 e. The number of nitrogens with two attached hydrogens (primary N) is 1. The molecule has 2 aromatic rings. The van der Waals surface area contributed by atoms with Crippen molar-refractivity contribution >= 4 is 29.8 Å². The van der Waals surface area contributed by atoms with E-state index in [1.54, 1.807) is 11.3 Å². The molecule has 0 bridgehead atoms. The molecule has 1 aromatic heterocycles. The van der Waals surface area contributed by atoms with Crippen LogP contribution < -0.4 is 5.73 Å². The number of aryl methyl sites for hydroxylation is 1. The highest BCUT2D eigenvalue weighted by Crippen LogP contribution is 2.56. The molecular weight excluding hydrogens is 370 g/mol. The van der Waals surface area contributed by atoms with E-state index in [4.69, 9.17) is 5.73 Å². The van der Waals surface area contributed by atoms with Gasteiger partial charge >= 0.3 is 0 Å². The number of amidine groups is 1. The van der Waals surface area contributed by atoms with Crippen molar-refractivity contribution in [2.75, 3.05) is 0 Å². The van der Waals surface area contributed by atoms with Crippen molar-refractivity contribution < 1.29 is 0 Å². The third-order valence-corrected chi connectivity index (χ3v) is 7.27. The summed E-state index contributed by atoms with van der Waals surface area (Å²) >= 11 is 6.22. The van der Waals surface area contributed by atoms with E-state index in [9.17, 15) is 5.26 Å². The Kier molecular flexibility index (Phi) is 4.88. The molecule has 0 unspecified atom stereocenters. The number of hydrogen-bond donors (Lipinski definition) is 2. The van der Waals surface area contributed by atoms with Gasteiger partial charge in [-0.3, -0.25) is 0 Å². The van der Waals surface area contributed by atoms with E-state index in [0.29, 0.717) is 10.9 Å². The van der Waals surface area contributed by atoms with Crippen molar-refractivity contribution in [2.45, 2.75) is 44.9 Å². The first-order chi connectivity index (χ1) is 13.0. The van der Waals surface area contributed by atoms with Crippen LogP contribution in [-0.4, -0.2) is 5.84 Å². The normalized spacial score (nSPS) is 21.8. The highest BCUT2D eigenvalue weighted by atomic mass is 32.1. The van der Waals surface area contributed by atoms with Crippen molar-refractivity contribution in [3.05, 3.63) is 56.8 Å². The molecule has 0 amide bonds. The first-order valence-corrected chi connectivity index (χ1v) is 10.7. The quantitative estimate of drug-likeness (QED) is 0.634. The van der Waals surface area contributed by atoms with Crippen molar-refractivity contribution in [2.24, 2.45) is 16.1 Å². The maximum atomic E-state index is 9.88. The second-order valence-electron chi connectivity index (χ2n) is 7.60. The van der Waals surface area contributed by atoms with Crippen LogP contribution in [-0.2, 0) is 0 Å². The van der Waals surface area contributed by atoms with E-state index >= 15 is 0 Å². The summed E-state index contributed by atoms with van der Waals surface area (Å²) in [7, 11) is 0. The van der Waals surface area contributed by atoms with E-state index < -0.39 is 0 Å². The summed E-state index contributed by atoms with van der Waals surface area (Å²) in [4.78, 5) is 5.65. The molecule has 1 spiro atoms. The molecule has 1 aliphatic carbocycles. The van der Waals surface area contributed by atoms with Gasteiger partial charge in [-0.15, -0.1) is 24.0 Å². The van der Waals surface area contributed by atoms with Crippen LogP contribution in [0.4, 0.5) is 0 Å². The van der Waals surface area contributed by atoms with Crippen LogP contribution in [0.5, 0.6) is 0 Å². The van der Waals surface area contributed by atoms with Gasteiger partial charge < -0.3 is 5.73 Å². The molecule has 0 saturated heterocycles. The average molecular weight is 394 g/mol. The Balaban J connectivity index is 1.79. The van der Waals surface area contributed by atoms with Crippen LogP contribution in [0.3, 0.4) is 0 Å². The predicted molar refractivity (Wildman–Crippen MR) is 116 cm³/mol. The number of thiol groups is 1. The minimum Gasteiger partial charge on any atom is -0.387 e. The average Bonchev–Trinajstić information content (AvgIpc) is 3.12. The second kappa shape index (κ2) is 7.18. The first kappa shape index (κ1) is 18.3. The number of aliphatic imine (C=N–C) groups is 1. The molecule has 138 valence electrons. The molecule has 5 heteroatoms. The molecule has 1 saturated carbocycles. The fourth-order valence-corrected chi connectivity index (χ4v) is 6.13. The number of nitriles is 1. The van der Waals surface area contributed by atoms with Crippen molar-refractivity contribution in [1.29, 1.82) is 5.26 Å². The monoisotopic (exact) mass is 393 g/mol. The van der Waals surface area contributed by atoms with Gasteiger partial charge in [0.1, 0.15) is 10.9 Å². The van der Waals surface area contributed by atoms with Crippen LogP contribution in [0.15, 0.2) is 51.3 Å². The summed E-state index contributed by atoms with van der Waals surface area (Å²) in [6.07, 6.45) is 5.39. The minimum absolute atomic E-state index is 0.0347. The Morgan fingerprint density at radius 1 is 1.19 bits per heavy atom. The van der Waals surface area contributed by atoms with Gasteiger partial charge in [0.25, 0.3) is 0 Å². The van der Waals surface area contributed by atoms with E-state index in [1.807, 2.05) is 0 Å². The Morgan fingerprint density at radius 3 is 2.56 bits per heavy atom. The molecule has 2 heterocycles. The van der Waals surface area contributed by atoms with Gasteiger partial charge in [-0.05, 0) is 42.3 Å². The number of allylic oxidation sites excluding steroid dienone is 1. The molecule has 1 fully saturated rings. The van der Waals surface area contributed by atoms with Crippen LogP contribution in [0, 0.1) is 23.7 Å². The molecule has 3 nitrogen and oxygen atoms in total. The van der Waals surface area contributed by atoms with Crippen LogP contribution in [0.1, 0.15) is 48.5 Å². The number of benzene rings is 1. The van der Waals surface area contributed by atoms with E-state index in [1.165, 1.54) is 28.0 Å². The lowest BCUT2D eigenvalue weighted by molar-refractivity contribution is 0.226. The standard InChI is InChI=1S/C22H23N3S2/c1-14-5-7-15(8-6-14)16-11-18(27-13-16)19-20(24)25-21(26)17(12-23)22(19)9-3-2-4-10-22/h5-8,11,13,19,26H,2-4,9-10H2,1H3,(H2,24,25)/t19-/m1/s1. The summed E-state index contributed by atoms with van der Waals surface area (Å²) < 4.78 is 0. The molecule has 1 atom stereocenters. The van der Waals surface area contributed by atoms with Gasteiger partial charge in [-0.25, -0.2) is 4.99 Å². The Morgan fingerprint density at radius 2 is 1.89 bits per heavy atom. The first-order valence-electron chi connectivity index (χ1n) is 9.38. The predicted octanol–water partition coefficient (Wildman–Crippen LogP) is 5.79. The van der Waals surface area contributed by atoms with Crippen molar-refractivity contribution in [3.8, 4) is 17.2 Å². The van der Waals surface area contributed by atoms with Crippen LogP contribution >= 0.6 is 24.0 Å². The van der Waals surface area contributed by atoms with Crippen LogP contribution in [0.2, 0.25) is 0 Å². The molecule has 1 aromatic carbocycles. The number of nitrogens with zero attached hydrogens (tertiary/aromatic N) is 2. The van der Waals surface area contributed by atoms with E-state index in [0.717, 1.165) is 31.3 Å². The highest BCUT2D eigenvalue weighted by molar-refractivity contribution is 7.84. The van der Waals surface area contributed by atoms with Crippen molar-refractivity contribution in [3.63, 3.8) is 0 Å². The number of hydrogen-bond acceptors (Lipinski definition) is 5. The van der Waals surface area contributed by atoms with Crippen LogP contribution in [0.25, 0.3) is 11.1 Å². The number of thiophene rings is 1. The lowest BCUT2D eigenvalue weighted by Gasteiger charge is -2.44. The van der Waals surface area contributed by atoms with Gasteiger partial charge in [0, 0.05) is 10.3 Å². The topological polar surface area (TPSA) is 62.2 Å². The Labute approximate surface area is 170 Å². The SMILES string of the molecule is Cc1ccc(-c2csc([C@@H]3C(N)=NC(S)=C(C#N)C34CCCCC4)c2)cc1. The molecule has 2 aliphatic rings. The zero-order valence-corrected chi connectivity index (χ0v) is 17.1. The van der Waals surface area contributed by atoms with Crippen molar-refractivity contribution in [1.82, 2.24) is 0 Å². The summed E-state index contributed by atoms with van der Waals surface area (Å²) in [6, 6.07) is 13.2. The summed E-state index contributed by atoms with van der Waals surface area (Å²) in [5.74, 6) is 0.561. The van der Waals surface area contributed by atoms with Gasteiger partial charge in [-0.1, -0.05) is 49.1 Å². The highest BCUT2D eigenvalue weighted by Gasteiger charge is 2.49. The summed E-state index contributed by atoms with van der Waals surface area (Å²) in [6.45, 7) is 2.10. The minimum atomic E-state index is -0.259. The smallest absolute Gasteiger partial charge is 0.110 e. The molecule has 1 aliphatic heterocycles. The third-order valence-electron chi connectivity index (χ3n) is 5.95. The fraction of sp³-hybridized carbons (Fsp3) is 0.364. The van der Waals surface area contributed by atoms with E-state index in [2.05, 4.69) is 66.3 Å². The van der Waals surface area contributed by atoms with Gasteiger partial charge in [-0.2, -0.15) is 5.26 Å². The fourth-order valence-electron chi connectivity index (χ4n) is 4.60. The van der Waals surface area contributed by atoms with Gasteiger partial charge in [0.05, 0.1) is 17.6 Å². The molecule has 4 rings (SSSR count). The molecular formula is C22H23N3S2. The van der Waals surface area contributed by atoms with E-state index in [-0.39, 0.29) is 11.3 Å². The van der Waals surface area contributed by atoms with Gasteiger partial charge in [0.15, 0.2) is 0 Å². The maximum absolute atomic E-state index is 9.88. The summed E-state index contributed by atoms with van der Waals surface area (Å²) in [5.41, 5.74) is 10.6. The largest absolute Gasteiger partial charge is 0.387 e. The third kappa shape index (κ3) is 3.11. The lowest BCUT2D eigenvalue weighted by Crippen LogP contribution is -2.42. The zero-order valence-electron chi connectivity index (χ0n) is 15.4. The van der Waals surface area contributed by atoms with Gasteiger partial charge in [0.2, 0.25) is 0 Å². The Bertz CT molecular complexity index is 954. The molecule has 27 heavy (non-hydrogen) atoms. The second-order valence-corrected chi connectivity index (χ2v) is 8.97.